The summed E-state index contributed by atoms with van der Waals surface area (Å²) in [6, 6.07) is 5.74. The molecule has 1 aliphatic rings. The van der Waals surface area contributed by atoms with E-state index in [-0.39, 0.29) is 6.10 Å². The molecule has 1 saturated heterocycles. The van der Waals surface area contributed by atoms with Crippen molar-refractivity contribution in [1.29, 1.82) is 0 Å². The van der Waals surface area contributed by atoms with E-state index in [1.807, 2.05) is 25.2 Å². The van der Waals surface area contributed by atoms with Gasteiger partial charge < -0.3 is 14.8 Å². The quantitative estimate of drug-likeness (QED) is 0.911. The van der Waals surface area contributed by atoms with E-state index in [0.29, 0.717) is 5.92 Å². The van der Waals surface area contributed by atoms with Crippen LogP contribution in [0.5, 0.6) is 5.75 Å². The molecular formula is C14H20ClNO2. The molecule has 18 heavy (non-hydrogen) atoms. The summed E-state index contributed by atoms with van der Waals surface area (Å²) in [5, 5.41) is 3.95. The molecule has 1 fully saturated rings. The van der Waals surface area contributed by atoms with E-state index < -0.39 is 0 Å². The van der Waals surface area contributed by atoms with Crippen molar-refractivity contribution in [2.45, 2.75) is 18.9 Å². The van der Waals surface area contributed by atoms with Gasteiger partial charge in [0, 0.05) is 24.6 Å². The van der Waals surface area contributed by atoms with Crippen molar-refractivity contribution < 1.29 is 9.47 Å². The Morgan fingerprint density at radius 1 is 1.50 bits per heavy atom. The normalized spacial score (nSPS) is 23.9. The van der Waals surface area contributed by atoms with Crippen molar-refractivity contribution in [3.63, 3.8) is 0 Å². The van der Waals surface area contributed by atoms with Gasteiger partial charge in [-0.3, -0.25) is 0 Å². The van der Waals surface area contributed by atoms with Crippen LogP contribution in [0.2, 0.25) is 5.02 Å². The number of hydrogen-bond donors (Lipinski definition) is 1. The smallest absolute Gasteiger partial charge is 0.126 e. The van der Waals surface area contributed by atoms with Crippen LogP contribution in [0.25, 0.3) is 0 Å². The van der Waals surface area contributed by atoms with Crippen molar-refractivity contribution in [2.75, 3.05) is 27.3 Å². The highest BCUT2D eigenvalue weighted by molar-refractivity contribution is 6.31. The average Bonchev–Trinajstić information content (AvgIpc) is 2.40. The van der Waals surface area contributed by atoms with Gasteiger partial charge in [-0.05, 0) is 32.0 Å². The van der Waals surface area contributed by atoms with E-state index in [0.717, 1.165) is 42.3 Å². The van der Waals surface area contributed by atoms with E-state index in [4.69, 9.17) is 21.1 Å². The monoisotopic (exact) mass is 269 g/mol. The Kier molecular flexibility index (Phi) is 4.87. The highest BCUT2D eigenvalue weighted by Gasteiger charge is 2.30. The van der Waals surface area contributed by atoms with Gasteiger partial charge in [-0.2, -0.15) is 0 Å². The molecule has 0 radical (unpaired) electrons. The number of hydrogen-bond acceptors (Lipinski definition) is 3. The van der Waals surface area contributed by atoms with Gasteiger partial charge in [-0.15, -0.1) is 0 Å². The number of ether oxygens (including phenoxy) is 2. The topological polar surface area (TPSA) is 30.5 Å². The number of rotatable bonds is 4. The van der Waals surface area contributed by atoms with E-state index >= 15 is 0 Å². The molecule has 0 amide bonds. The molecule has 1 N–H and O–H groups in total. The fourth-order valence-electron chi connectivity index (χ4n) is 2.60. The van der Waals surface area contributed by atoms with Gasteiger partial charge in [0.2, 0.25) is 0 Å². The fraction of sp³-hybridized carbons (Fsp3) is 0.571. The van der Waals surface area contributed by atoms with Gasteiger partial charge in [0.25, 0.3) is 0 Å². The van der Waals surface area contributed by atoms with Crippen LogP contribution < -0.4 is 10.1 Å². The van der Waals surface area contributed by atoms with Gasteiger partial charge in [0.05, 0.1) is 18.2 Å². The minimum Gasteiger partial charge on any atom is -0.496 e. The van der Waals surface area contributed by atoms with Crippen molar-refractivity contribution in [3.8, 4) is 5.75 Å². The fourth-order valence-corrected chi connectivity index (χ4v) is 2.88. The number of nitrogens with one attached hydrogen (secondary N) is 1. The second-order valence-corrected chi connectivity index (χ2v) is 5.01. The van der Waals surface area contributed by atoms with Crippen LogP contribution >= 0.6 is 11.6 Å². The molecule has 1 aromatic rings. The van der Waals surface area contributed by atoms with Crippen molar-refractivity contribution in [3.05, 3.63) is 28.8 Å². The maximum atomic E-state index is 6.33. The Hall–Kier alpha value is -0.770. The molecule has 2 rings (SSSR count). The van der Waals surface area contributed by atoms with Gasteiger partial charge in [-0.1, -0.05) is 17.7 Å². The summed E-state index contributed by atoms with van der Waals surface area (Å²) in [6.07, 6.45) is 2.28. The van der Waals surface area contributed by atoms with Crippen molar-refractivity contribution in [1.82, 2.24) is 5.32 Å². The largest absolute Gasteiger partial charge is 0.496 e. The first-order valence-electron chi connectivity index (χ1n) is 6.36. The van der Waals surface area contributed by atoms with Crippen LogP contribution in [0.15, 0.2) is 18.2 Å². The molecule has 1 aromatic carbocycles. The summed E-state index contributed by atoms with van der Waals surface area (Å²) in [6.45, 7) is 1.72. The third-order valence-electron chi connectivity index (χ3n) is 3.43. The van der Waals surface area contributed by atoms with Gasteiger partial charge in [0.15, 0.2) is 0 Å². The molecule has 100 valence electrons. The molecular weight excluding hydrogens is 250 g/mol. The molecule has 2 unspecified atom stereocenters. The standard InChI is InChI=1S/C14H20ClNO2/c1-16-9-10-5-4-8-18-14(10)13-11(15)6-3-7-12(13)17-2/h3,6-7,10,14,16H,4-5,8-9H2,1-2H3. The van der Waals surface area contributed by atoms with Crippen LogP contribution in [0, 0.1) is 5.92 Å². The lowest BCUT2D eigenvalue weighted by atomic mass is 9.89. The predicted octanol–water partition coefficient (Wildman–Crippen LogP) is 3.04. The third-order valence-corrected chi connectivity index (χ3v) is 3.76. The van der Waals surface area contributed by atoms with Crippen LogP contribution in [-0.2, 0) is 4.74 Å². The lowest BCUT2D eigenvalue weighted by molar-refractivity contribution is -0.0283. The van der Waals surface area contributed by atoms with Gasteiger partial charge in [0.1, 0.15) is 5.75 Å². The molecule has 2 atom stereocenters. The second-order valence-electron chi connectivity index (χ2n) is 4.61. The molecule has 3 nitrogen and oxygen atoms in total. The summed E-state index contributed by atoms with van der Waals surface area (Å²) < 4.78 is 11.4. The zero-order valence-electron chi connectivity index (χ0n) is 10.9. The Morgan fingerprint density at radius 2 is 2.33 bits per heavy atom. The summed E-state index contributed by atoms with van der Waals surface area (Å²) in [5.41, 5.74) is 0.988. The minimum absolute atomic E-state index is 0.0230. The first-order chi connectivity index (χ1) is 8.77. The summed E-state index contributed by atoms with van der Waals surface area (Å²) >= 11 is 6.33. The SMILES string of the molecule is CNCC1CCCOC1c1c(Cl)cccc1OC. The Morgan fingerprint density at radius 3 is 3.06 bits per heavy atom. The van der Waals surface area contributed by atoms with E-state index in [9.17, 15) is 0 Å². The van der Waals surface area contributed by atoms with E-state index in [1.54, 1.807) is 7.11 Å². The lowest BCUT2D eigenvalue weighted by Crippen LogP contribution is -2.30. The number of methoxy groups -OCH3 is 1. The minimum atomic E-state index is 0.0230. The van der Waals surface area contributed by atoms with Crippen LogP contribution in [0.1, 0.15) is 24.5 Å². The predicted molar refractivity (Wildman–Crippen MR) is 73.3 cm³/mol. The molecule has 0 aromatic heterocycles. The Bertz CT molecular complexity index is 395. The summed E-state index contributed by atoms with van der Waals surface area (Å²) in [5.74, 6) is 1.26. The van der Waals surface area contributed by atoms with Crippen molar-refractivity contribution >= 4 is 11.6 Å². The second kappa shape index (κ2) is 6.41. The first kappa shape index (κ1) is 13.7. The van der Waals surface area contributed by atoms with Gasteiger partial charge in [-0.25, -0.2) is 0 Å². The molecule has 4 heteroatoms. The maximum absolute atomic E-state index is 6.33. The zero-order chi connectivity index (χ0) is 13.0. The lowest BCUT2D eigenvalue weighted by Gasteiger charge is -2.33. The molecule has 0 bridgehead atoms. The summed E-state index contributed by atoms with van der Waals surface area (Å²) in [7, 11) is 3.64. The molecule has 0 spiro atoms. The summed E-state index contributed by atoms with van der Waals surface area (Å²) in [4.78, 5) is 0. The maximum Gasteiger partial charge on any atom is 0.126 e. The zero-order valence-corrected chi connectivity index (χ0v) is 11.7. The van der Waals surface area contributed by atoms with Crippen LogP contribution in [0.4, 0.5) is 0 Å². The molecule has 1 aliphatic heterocycles. The van der Waals surface area contributed by atoms with Crippen LogP contribution in [-0.4, -0.2) is 27.3 Å². The Balaban J connectivity index is 2.32. The van der Waals surface area contributed by atoms with Crippen molar-refractivity contribution in [2.24, 2.45) is 5.92 Å². The van der Waals surface area contributed by atoms with E-state index in [2.05, 4.69) is 5.32 Å². The number of benzene rings is 1. The molecule has 0 aliphatic carbocycles. The van der Waals surface area contributed by atoms with Gasteiger partial charge >= 0.3 is 0 Å². The number of halogens is 1. The van der Waals surface area contributed by atoms with E-state index in [1.165, 1.54) is 0 Å². The average molecular weight is 270 g/mol. The third kappa shape index (κ3) is 2.79. The first-order valence-corrected chi connectivity index (χ1v) is 6.74. The Labute approximate surface area is 113 Å². The van der Waals surface area contributed by atoms with Crippen LogP contribution in [0.3, 0.4) is 0 Å². The molecule has 1 heterocycles. The molecule has 0 saturated carbocycles. The highest BCUT2D eigenvalue weighted by Crippen LogP contribution is 2.41. The highest BCUT2D eigenvalue weighted by atomic mass is 35.5.